The summed E-state index contributed by atoms with van der Waals surface area (Å²) in [6.45, 7) is 1.95. The molecule has 2 heteroatoms. The third kappa shape index (κ3) is 2.00. The van der Waals surface area contributed by atoms with Crippen molar-refractivity contribution in [2.24, 2.45) is 0 Å². The molecule has 0 heterocycles. The third-order valence-corrected chi connectivity index (χ3v) is 1.37. The Morgan fingerprint density at radius 1 is 1.36 bits per heavy atom. The molecule has 0 atom stereocenters. The molecule has 58 valence electrons. The molecule has 0 bridgehead atoms. The summed E-state index contributed by atoms with van der Waals surface area (Å²) in [5.74, 6) is 0. The lowest BCUT2D eigenvalue weighted by molar-refractivity contribution is 1.55. The van der Waals surface area contributed by atoms with Gasteiger partial charge in [-0.2, -0.15) is 0 Å². The van der Waals surface area contributed by atoms with Crippen LogP contribution in [0.25, 0.3) is 0 Å². The van der Waals surface area contributed by atoms with E-state index < -0.39 is 0 Å². The molecule has 1 rings (SSSR count). The van der Waals surface area contributed by atoms with Crippen LogP contribution in [0.15, 0.2) is 36.5 Å². The van der Waals surface area contributed by atoms with Crippen LogP contribution in [0.4, 0.5) is 11.4 Å². The van der Waals surface area contributed by atoms with Crippen molar-refractivity contribution >= 4 is 11.4 Å². The number of nitrogen functional groups attached to an aromatic ring is 1. The maximum Gasteiger partial charge on any atom is 0.0613 e. The van der Waals surface area contributed by atoms with Gasteiger partial charge in [0, 0.05) is 0 Å². The molecule has 0 radical (unpaired) electrons. The van der Waals surface area contributed by atoms with Crippen molar-refractivity contribution in [1.29, 1.82) is 0 Å². The summed E-state index contributed by atoms with van der Waals surface area (Å²) in [5, 5.41) is 3.06. The molecule has 0 saturated heterocycles. The monoisotopic (exact) mass is 148 g/mol. The average molecular weight is 148 g/mol. The van der Waals surface area contributed by atoms with Gasteiger partial charge in [-0.15, -0.1) is 0 Å². The van der Waals surface area contributed by atoms with E-state index in [2.05, 4.69) is 5.32 Å². The van der Waals surface area contributed by atoms with Crippen LogP contribution in [-0.2, 0) is 0 Å². The van der Waals surface area contributed by atoms with Crippen molar-refractivity contribution < 1.29 is 0 Å². The molecule has 0 aliphatic rings. The lowest BCUT2D eigenvalue weighted by Crippen LogP contribution is -1.93. The Labute approximate surface area is 66.7 Å². The number of anilines is 2. The largest absolute Gasteiger partial charge is 0.397 e. The predicted octanol–water partition coefficient (Wildman–Crippen LogP) is 2.21. The second-order valence-corrected chi connectivity index (χ2v) is 2.23. The van der Waals surface area contributed by atoms with Crippen LogP contribution < -0.4 is 11.1 Å². The minimum Gasteiger partial charge on any atom is -0.397 e. The molecule has 0 fully saturated rings. The highest BCUT2D eigenvalue weighted by Gasteiger charge is 1.90. The molecule has 0 unspecified atom stereocenters. The van der Waals surface area contributed by atoms with Crippen LogP contribution in [-0.4, -0.2) is 0 Å². The lowest BCUT2D eigenvalue weighted by Gasteiger charge is -2.02. The van der Waals surface area contributed by atoms with E-state index in [9.17, 15) is 0 Å². The van der Waals surface area contributed by atoms with Crippen molar-refractivity contribution in [3.8, 4) is 0 Å². The van der Waals surface area contributed by atoms with E-state index in [0.717, 1.165) is 11.4 Å². The van der Waals surface area contributed by atoms with Gasteiger partial charge in [0.05, 0.1) is 11.4 Å². The van der Waals surface area contributed by atoms with Gasteiger partial charge in [-0.25, -0.2) is 0 Å². The van der Waals surface area contributed by atoms with Gasteiger partial charge in [0.2, 0.25) is 0 Å². The van der Waals surface area contributed by atoms with E-state index in [-0.39, 0.29) is 0 Å². The van der Waals surface area contributed by atoms with Crippen LogP contribution >= 0.6 is 0 Å². The van der Waals surface area contributed by atoms with Gasteiger partial charge in [-0.1, -0.05) is 18.2 Å². The van der Waals surface area contributed by atoms with E-state index in [1.165, 1.54) is 0 Å². The van der Waals surface area contributed by atoms with E-state index in [1.54, 1.807) is 0 Å². The van der Waals surface area contributed by atoms with Crippen LogP contribution in [0.1, 0.15) is 6.92 Å². The van der Waals surface area contributed by atoms with Crippen LogP contribution in [0, 0.1) is 0 Å². The summed E-state index contributed by atoms with van der Waals surface area (Å²) in [6.07, 6.45) is 3.78. The highest BCUT2D eigenvalue weighted by Crippen LogP contribution is 2.15. The first-order valence-electron chi connectivity index (χ1n) is 3.57. The Hall–Kier alpha value is -1.44. The molecule has 11 heavy (non-hydrogen) atoms. The van der Waals surface area contributed by atoms with Crippen molar-refractivity contribution in [2.45, 2.75) is 6.92 Å². The minimum atomic E-state index is 0.769. The zero-order chi connectivity index (χ0) is 8.10. The molecule has 3 N–H and O–H groups in total. The molecule has 0 amide bonds. The normalized spacial score (nSPS) is 10.3. The smallest absolute Gasteiger partial charge is 0.0613 e. The highest BCUT2D eigenvalue weighted by atomic mass is 14.9. The standard InChI is InChI=1S/C9H12N2/c1-2-7-11-9-6-4-3-5-8(9)10/h2-7,11H,10H2,1H3/b7-2-. The molecular formula is C9H12N2. The van der Waals surface area contributed by atoms with Gasteiger partial charge in [-0.3, -0.25) is 0 Å². The fourth-order valence-electron chi connectivity index (χ4n) is 0.802. The van der Waals surface area contributed by atoms with Crippen molar-refractivity contribution in [2.75, 3.05) is 11.1 Å². The second kappa shape index (κ2) is 3.66. The summed E-state index contributed by atoms with van der Waals surface area (Å²) in [7, 11) is 0. The number of rotatable bonds is 2. The van der Waals surface area contributed by atoms with Crippen LogP contribution in [0.3, 0.4) is 0 Å². The maximum absolute atomic E-state index is 5.66. The molecule has 0 aliphatic carbocycles. The molecule has 0 aromatic heterocycles. The fourth-order valence-corrected chi connectivity index (χ4v) is 0.802. The van der Waals surface area contributed by atoms with Gasteiger partial charge < -0.3 is 11.1 Å². The summed E-state index contributed by atoms with van der Waals surface area (Å²) < 4.78 is 0. The van der Waals surface area contributed by atoms with Gasteiger partial charge in [0.1, 0.15) is 0 Å². The van der Waals surface area contributed by atoms with E-state index in [0.29, 0.717) is 0 Å². The number of hydrogen-bond acceptors (Lipinski definition) is 2. The predicted molar refractivity (Wildman–Crippen MR) is 49.3 cm³/mol. The molecule has 0 aliphatic heterocycles. The Bertz CT molecular complexity index is 253. The molecule has 1 aromatic carbocycles. The Morgan fingerprint density at radius 2 is 2.09 bits per heavy atom. The third-order valence-electron chi connectivity index (χ3n) is 1.37. The van der Waals surface area contributed by atoms with Crippen molar-refractivity contribution in [3.05, 3.63) is 36.5 Å². The van der Waals surface area contributed by atoms with E-state index >= 15 is 0 Å². The number of para-hydroxylation sites is 2. The molecular weight excluding hydrogens is 136 g/mol. The summed E-state index contributed by atoms with van der Waals surface area (Å²) in [6, 6.07) is 7.67. The molecule has 0 saturated carbocycles. The first-order valence-corrected chi connectivity index (χ1v) is 3.57. The highest BCUT2D eigenvalue weighted by molar-refractivity contribution is 5.66. The van der Waals surface area contributed by atoms with Crippen LogP contribution in [0.5, 0.6) is 0 Å². The van der Waals surface area contributed by atoms with Gasteiger partial charge in [0.15, 0.2) is 0 Å². The zero-order valence-electron chi connectivity index (χ0n) is 6.54. The number of nitrogens with one attached hydrogen (secondary N) is 1. The molecule has 0 spiro atoms. The zero-order valence-corrected chi connectivity index (χ0v) is 6.54. The maximum atomic E-state index is 5.66. The summed E-state index contributed by atoms with van der Waals surface area (Å²) >= 11 is 0. The first kappa shape index (κ1) is 7.66. The van der Waals surface area contributed by atoms with Gasteiger partial charge in [-0.05, 0) is 25.3 Å². The van der Waals surface area contributed by atoms with Crippen molar-refractivity contribution in [3.63, 3.8) is 0 Å². The average Bonchev–Trinajstić information content (AvgIpc) is 2.03. The van der Waals surface area contributed by atoms with Crippen molar-refractivity contribution in [1.82, 2.24) is 0 Å². The first-order chi connectivity index (χ1) is 5.34. The Kier molecular flexibility index (Phi) is 2.55. The van der Waals surface area contributed by atoms with Gasteiger partial charge >= 0.3 is 0 Å². The fraction of sp³-hybridized carbons (Fsp3) is 0.111. The SMILES string of the molecule is C/C=C\Nc1ccccc1N. The second-order valence-electron chi connectivity index (χ2n) is 2.23. The van der Waals surface area contributed by atoms with Crippen LogP contribution in [0.2, 0.25) is 0 Å². The summed E-state index contributed by atoms with van der Waals surface area (Å²) in [4.78, 5) is 0. The number of hydrogen-bond donors (Lipinski definition) is 2. The Morgan fingerprint density at radius 3 is 2.73 bits per heavy atom. The number of nitrogens with two attached hydrogens (primary N) is 1. The quantitative estimate of drug-likeness (QED) is 0.631. The van der Waals surface area contributed by atoms with Gasteiger partial charge in [0.25, 0.3) is 0 Å². The summed E-state index contributed by atoms with van der Waals surface area (Å²) in [5.41, 5.74) is 7.38. The Balaban J connectivity index is 2.77. The number of benzene rings is 1. The molecule has 2 nitrogen and oxygen atoms in total. The lowest BCUT2D eigenvalue weighted by atomic mass is 10.3. The molecule has 1 aromatic rings. The number of allylic oxidation sites excluding steroid dienone is 1. The minimum absolute atomic E-state index is 0.769. The van der Waals surface area contributed by atoms with E-state index in [4.69, 9.17) is 5.73 Å². The topological polar surface area (TPSA) is 38.0 Å². The van der Waals surface area contributed by atoms with E-state index in [1.807, 2.05) is 43.5 Å².